The minimum absolute atomic E-state index is 0.217. The molecule has 1 saturated heterocycles. The number of β-amino-alcohol motifs (C(OH)–C–C–N with tert-alkyl or cyclic N) is 1. The van der Waals surface area contributed by atoms with Gasteiger partial charge in [0.15, 0.2) is 0 Å². The SMILES string of the molecule is CCOC(=O)N1CC[C@H](N)[C@H](O)C1. The number of nitrogens with zero attached hydrogens (tertiary/aromatic N) is 1. The van der Waals surface area contributed by atoms with Gasteiger partial charge in [0.1, 0.15) is 0 Å². The van der Waals surface area contributed by atoms with Gasteiger partial charge < -0.3 is 20.5 Å². The number of nitrogens with two attached hydrogens (primary N) is 1. The van der Waals surface area contributed by atoms with Crippen molar-refractivity contribution >= 4 is 6.09 Å². The molecule has 13 heavy (non-hydrogen) atoms. The number of hydrogen-bond donors (Lipinski definition) is 2. The number of carbonyl (C=O) groups excluding carboxylic acids is 1. The van der Waals surface area contributed by atoms with E-state index in [9.17, 15) is 9.90 Å². The van der Waals surface area contributed by atoms with Gasteiger partial charge in [0.2, 0.25) is 0 Å². The highest BCUT2D eigenvalue weighted by molar-refractivity contribution is 5.67. The number of carbonyl (C=O) groups is 1. The van der Waals surface area contributed by atoms with Crippen LogP contribution in [0.5, 0.6) is 0 Å². The zero-order valence-electron chi connectivity index (χ0n) is 7.77. The van der Waals surface area contributed by atoms with Crippen LogP contribution in [0, 0.1) is 0 Å². The predicted molar refractivity (Wildman–Crippen MR) is 47.2 cm³/mol. The van der Waals surface area contributed by atoms with E-state index in [1.54, 1.807) is 6.92 Å². The highest BCUT2D eigenvalue weighted by Crippen LogP contribution is 2.10. The van der Waals surface area contributed by atoms with Crippen LogP contribution < -0.4 is 5.73 Å². The van der Waals surface area contributed by atoms with Crippen LogP contribution in [0.15, 0.2) is 0 Å². The average molecular weight is 188 g/mol. The zero-order chi connectivity index (χ0) is 9.84. The van der Waals surface area contributed by atoms with Gasteiger partial charge in [0.25, 0.3) is 0 Å². The Labute approximate surface area is 77.5 Å². The highest BCUT2D eigenvalue weighted by Gasteiger charge is 2.28. The molecule has 2 atom stereocenters. The van der Waals surface area contributed by atoms with Gasteiger partial charge in [-0.1, -0.05) is 0 Å². The summed E-state index contributed by atoms with van der Waals surface area (Å²) in [4.78, 5) is 12.7. The maximum atomic E-state index is 11.2. The van der Waals surface area contributed by atoms with Crippen molar-refractivity contribution in [1.82, 2.24) is 4.90 Å². The standard InChI is InChI=1S/C8H16N2O3/c1-2-13-8(12)10-4-3-6(9)7(11)5-10/h6-7,11H,2-5,9H2,1H3/t6-,7+/m0/s1. The first-order valence-corrected chi connectivity index (χ1v) is 4.50. The lowest BCUT2D eigenvalue weighted by Gasteiger charge is -2.33. The van der Waals surface area contributed by atoms with Crippen molar-refractivity contribution in [3.63, 3.8) is 0 Å². The average Bonchev–Trinajstić information content (AvgIpc) is 2.10. The molecule has 1 amide bonds. The second kappa shape index (κ2) is 4.43. The van der Waals surface area contributed by atoms with Crippen molar-refractivity contribution in [3.05, 3.63) is 0 Å². The summed E-state index contributed by atoms with van der Waals surface area (Å²) >= 11 is 0. The van der Waals surface area contributed by atoms with Gasteiger partial charge in [-0.3, -0.25) is 0 Å². The van der Waals surface area contributed by atoms with Crippen molar-refractivity contribution < 1.29 is 14.6 Å². The van der Waals surface area contributed by atoms with E-state index in [-0.39, 0.29) is 18.7 Å². The molecule has 0 aromatic carbocycles. The lowest BCUT2D eigenvalue weighted by Crippen LogP contribution is -2.52. The van der Waals surface area contributed by atoms with Crippen molar-refractivity contribution in [1.29, 1.82) is 0 Å². The fourth-order valence-electron chi connectivity index (χ4n) is 1.33. The number of aliphatic hydroxyl groups excluding tert-OH is 1. The molecule has 1 aliphatic heterocycles. The molecule has 0 saturated carbocycles. The van der Waals surface area contributed by atoms with E-state index in [4.69, 9.17) is 10.5 Å². The van der Waals surface area contributed by atoms with Gasteiger partial charge in [-0.05, 0) is 13.3 Å². The van der Waals surface area contributed by atoms with Crippen LogP contribution in [0.4, 0.5) is 4.79 Å². The van der Waals surface area contributed by atoms with Crippen molar-refractivity contribution in [2.24, 2.45) is 5.73 Å². The predicted octanol–water partition coefficient (Wildman–Crippen LogP) is -0.463. The molecule has 0 aliphatic carbocycles. The number of hydrogen-bond acceptors (Lipinski definition) is 4. The number of piperidine rings is 1. The van der Waals surface area contributed by atoms with E-state index >= 15 is 0 Å². The summed E-state index contributed by atoms with van der Waals surface area (Å²) in [6.07, 6.45) is -0.369. The molecule has 0 aromatic heterocycles. The minimum Gasteiger partial charge on any atom is -0.450 e. The zero-order valence-corrected chi connectivity index (χ0v) is 7.77. The first-order chi connectivity index (χ1) is 6.15. The molecule has 76 valence electrons. The topological polar surface area (TPSA) is 75.8 Å². The Balaban J connectivity index is 2.40. The number of aliphatic hydroxyl groups is 1. The molecule has 0 radical (unpaired) electrons. The first-order valence-electron chi connectivity index (χ1n) is 4.50. The van der Waals surface area contributed by atoms with Gasteiger partial charge in [0.05, 0.1) is 19.3 Å². The summed E-state index contributed by atoms with van der Waals surface area (Å²) in [5.41, 5.74) is 5.59. The van der Waals surface area contributed by atoms with Gasteiger partial charge in [-0.15, -0.1) is 0 Å². The third kappa shape index (κ3) is 2.57. The van der Waals surface area contributed by atoms with Gasteiger partial charge in [-0.2, -0.15) is 0 Å². The molecule has 0 bridgehead atoms. The molecule has 1 rings (SSSR count). The van der Waals surface area contributed by atoms with Gasteiger partial charge >= 0.3 is 6.09 Å². The molecule has 1 aliphatic rings. The second-order valence-corrected chi connectivity index (χ2v) is 3.16. The molecular formula is C8H16N2O3. The Morgan fingerprint density at radius 3 is 3.00 bits per heavy atom. The van der Waals surface area contributed by atoms with E-state index in [1.807, 2.05) is 0 Å². The van der Waals surface area contributed by atoms with E-state index in [1.165, 1.54) is 4.90 Å². The lowest BCUT2D eigenvalue weighted by molar-refractivity contribution is 0.0402. The molecular weight excluding hydrogens is 172 g/mol. The molecule has 5 nitrogen and oxygen atoms in total. The Hall–Kier alpha value is -0.810. The lowest BCUT2D eigenvalue weighted by atomic mass is 10.0. The van der Waals surface area contributed by atoms with Crippen molar-refractivity contribution in [3.8, 4) is 0 Å². The quantitative estimate of drug-likeness (QED) is 0.583. The molecule has 1 heterocycles. The van der Waals surface area contributed by atoms with E-state index in [2.05, 4.69) is 0 Å². The van der Waals surface area contributed by atoms with E-state index in [0.29, 0.717) is 19.6 Å². The van der Waals surface area contributed by atoms with Gasteiger partial charge in [-0.25, -0.2) is 4.79 Å². The summed E-state index contributed by atoms with van der Waals surface area (Å²) in [6.45, 7) is 2.96. The first kappa shape index (κ1) is 10.3. The fourth-order valence-corrected chi connectivity index (χ4v) is 1.33. The molecule has 0 spiro atoms. The molecule has 0 aromatic rings. The second-order valence-electron chi connectivity index (χ2n) is 3.16. The highest BCUT2D eigenvalue weighted by atomic mass is 16.6. The third-order valence-electron chi connectivity index (χ3n) is 2.16. The monoisotopic (exact) mass is 188 g/mol. The number of rotatable bonds is 1. The smallest absolute Gasteiger partial charge is 0.409 e. The summed E-state index contributed by atoms with van der Waals surface area (Å²) in [5.74, 6) is 0. The summed E-state index contributed by atoms with van der Waals surface area (Å²) in [7, 11) is 0. The molecule has 1 fully saturated rings. The summed E-state index contributed by atoms with van der Waals surface area (Å²) in [5, 5.41) is 9.39. The van der Waals surface area contributed by atoms with Crippen molar-refractivity contribution in [2.75, 3.05) is 19.7 Å². The maximum absolute atomic E-state index is 11.2. The van der Waals surface area contributed by atoms with Crippen LogP contribution in [0.1, 0.15) is 13.3 Å². The normalized spacial score (nSPS) is 28.7. The van der Waals surface area contributed by atoms with Crippen LogP contribution in [-0.2, 0) is 4.74 Å². The van der Waals surface area contributed by atoms with Crippen LogP contribution in [-0.4, -0.2) is 47.9 Å². The largest absolute Gasteiger partial charge is 0.450 e. The van der Waals surface area contributed by atoms with Crippen LogP contribution in [0.25, 0.3) is 0 Å². The Kier molecular flexibility index (Phi) is 3.50. The van der Waals surface area contributed by atoms with Crippen molar-refractivity contribution in [2.45, 2.75) is 25.5 Å². The summed E-state index contributed by atoms with van der Waals surface area (Å²) in [6, 6.07) is -0.217. The molecule has 3 N–H and O–H groups in total. The maximum Gasteiger partial charge on any atom is 0.409 e. The fraction of sp³-hybridized carbons (Fsp3) is 0.875. The van der Waals surface area contributed by atoms with Crippen LogP contribution in [0.2, 0.25) is 0 Å². The Morgan fingerprint density at radius 1 is 1.77 bits per heavy atom. The summed E-state index contributed by atoms with van der Waals surface area (Å²) < 4.78 is 4.80. The Morgan fingerprint density at radius 2 is 2.46 bits per heavy atom. The number of likely N-dealkylation sites (tertiary alicyclic amines) is 1. The third-order valence-corrected chi connectivity index (χ3v) is 2.16. The molecule has 0 unspecified atom stereocenters. The van der Waals surface area contributed by atoms with Crippen LogP contribution >= 0.6 is 0 Å². The Bertz CT molecular complexity index is 186. The minimum atomic E-state index is -0.627. The molecule has 5 heteroatoms. The van der Waals surface area contributed by atoms with Gasteiger partial charge in [0, 0.05) is 12.6 Å². The number of amides is 1. The van der Waals surface area contributed by atoms with E-state index < -0.39 is 6.10 Å². The van der Waals surface area contributed by atoms with E-state index in [0.717, 1.165) is 0 Å². The van der Waals surface area contributed by atoms with Crippen LogP contribution in [0.3, 0.4) is 0 Å². The number of ether oxygens (including phenoxy) is 1.